The van der Waals surface area contributed by atoms with E-state index in [0.29, 0.717) is 13.1 Å². The van der Waals surface area contributed by atoms with Crippen molar-refractivity contribution in [2.24, 2.45) is 0 Å². The van der Waals surface area contributed by atoms with Crippen LogP contribution in [0.15, 0.2) is 24.3 Å². The third kappa shape index (κ3) is 5.50. The maximum atomic E-state index is 11.5. The zero-order valence-corrected chi connectivity index (χ0v) is 12.5. The normalized spacial score (nSPS) is 10.6. The minimum Gasteiger partial charge on any atom is -0.355 e. The zero-order chi connectivity index (χ0) is 12.7. The van der Waals surface area contributed by atoms with E-state index in [0.717, 1.165) is 13.1 Å². The van der Waals surface area contributed by atoms with Gasteiger partial charge in [0, 0.05) is 16.7 Å². The molecular formula is C13H19IN2O. The molecule has 0 aliphatic heterocycles. The van der Waals surface area contributed by atoms with E-state index in [4.69, 9.17) is 0 Å². The molecule has 0 saturated carbocycles. The summed E-state index contributed by atoms with van der Waals surface area (Å²) in [5.74, 6) is 0.0971. The highest BCUT2D eigenvalue weighted by molar-refractivity contribution is 14.1. The maximum absolute atomic E-state index is 11.5. The van der Waals surface area contributed by atoms with Crippen LogP contribution in [0.25, 0.3) is 0 Å². The van der Waals surface area contributed by atoms with Crippen molar-refractivity contribution in [2.75, 3.05) is 19.6 Å². The van der Waals surface area contributed by atoms with Gasteiger partial charge < -0.3 is 5.32 Å². The summed E-state index contributed by atoms with van der Waals surface area (Å²) in [5.41, 5.74) is 1.25. The van der Waals surface area contributed by atoms with Gasteiger partial charge in [-0.1, -0.05) is 19.1 Å². The highest BCUT2D eigenvalue weighted by Crippen LogP contribution is 2.09. The molecule has 0 spiro atoms. The van der Waals surface area contributed by atoms with Crippen LogP contribution in [-0.2, 0) is 11.3 Å². The van der Waals surface area contributed by atoms with Gasteiger partial charge in [0.1, 0.15) is 0 Å². The number of halogens is 1. The van der Waals surface area contributed by atoms with Crippen LogP contribution in [0.4, 0.5) is 0 Å². The largest absolute Gasteiger partial charge is 0.355 e. The van der Waals surface area contributed by atoms with Crippen LogP contribution in [0.5, 0.6) is 0 Å². The molecule has 0 bridgehead atoms. The zero-order valence-electron chi connectivity index (χ0n) is 10.4. The van der Waals surface area contributed by atoms with Crippen LogP contribution in [-0.4, -0.2) is 30.4 Å². The summed E-state index contributed by atoms with van der Waals surface area (Å²) >= 11 is 2.29. The van der Waals surface area contributed by atoms with Gasteiger partial charge in [0.2, 0.25) is 5.91 Å². The second-order valence-corrected chi connectivity index (χ2v) is 5.13. The summed E-state index contributed by atoms with van der Waals surface area (Å²) in [7, 11) is 0. The van der Waals surface area contributed by atoms with Gasteiger partial charge in [0.05, 0.1) is 6.54 Å². The van der Waals surface area contributed by atoms with Gasteiger partial charge in [0.25, 0.3) is 0 Å². The number of nitrogens with one attached hydrogen (secondary N) is 1. The molecule has 1 aromatic carbocycles. The molecular weight excluding hydrogens is 327 g/mol. The molecule has 0 fully saturated rings. The summed E-state index contributed by atoms with van der Waals surface area (Å²) in [4.78, 5) is 13.6. The van der Waals surface area contributed by atoms with Crippen molar-refractivity contribution in [3.63, 3.8) is 0 Å². The van der Waals surface area contributed by atoms with E-state index in [1.807, 2.05) is 6.92 Å². The molecule has 3 nitrogen and oxygen atoms in total. The lowest BCUT2D eigenvalue weighted by Crippen LogP contribution is -2.36. The lowest BCUT2D eigenvalue weighted by atomic mass is 10.2. The van der Waals surface area contributed by atoms with Crippen molar-refractivity contribution in [1.82, 2.24) is 10.2 Å². The van der Waals surface area contributed by atoms with Crippen molar-refractivity contribution < 1.29 is 4.79 Å². The second-order valence-electron chi connectivity index (χ2n) is 3.88. The number of benzene rings is 1. The molecule has 0 unspecified atom stereocenters. The number of likely N-dealkylation sites (N-methyl/N-ethyl adjacent to an activating group) is 2. The third-order valence-corrected chi connectivity index (χ3v) is 3.23. The summed E-state index contributed by atoms with van der Waals surface area (Å²) in [5, 5.41) is 2.82. The molecule has 17 heavy (non-hydrogen) atoms. The minimum atomic E-state index is 0.0971. The van der Waals surface area contributed by atoms with Crippen molar-refractivity contribution in [2.45, 2.75) is 20.4 Å². The first kappa shape index (κ1) is 14.4. The van der Waals surface area contributed by atoms with Crippen LogP contribution in [0.3, 0.4) is 0 Å². The fraction of sp³-hybridized carbons (Fsp3) is 0.462. The molecule has 0 atom stereocenters. The highest BCUT2D eigenvalue weighted by atomic mass is 127. The summed E-state index contributed by atoms with van der Waals surface area (Å²) in [6.07, 6.45) is 0. The molecule has 4 heteroatoms. The first-order valence-electron chi connectivity index (χ1n) is 5.89. The average Bonchev–Trinajstić information content (AvgIpc) is 2.31. The minimum absolute atomic E-state index is 0.0971. The smallest absolute Gasteiger partial charge is 0.234 e. The van der Waals surface area contributed by atoms with Crippen molar-refractivity contribution >= 4 is 28.5 Å². The van der Waals surface area contributed by atoms with Gasteiger partial charge in [-0.15, -0.1) is 0 Å². The summed E-state index contributed by atoms with van der Waals surface area (Å²) < 4.78 is 1.23. The Balaban J connectivity index is 2.51. The number of hydrogen-bond donors (Lipinski definition) is 1. The van der Waals surface area contributed by atoms with Gasteiger partial charge >= 0.3 is 0 Å². The van der Waals surface area contributed by atoms with Gasteiger partial charge in [0.15, 0.2) is 0 Å². The quantitative estimate of drug-likeness (QED) is 0.802. The fourth-order valence-corrected chi connectivity index (χ4v) is 1.94. The lowest BCUT2D eigenvalue weighted by Gasteiger charge is -2.19. The number of nitrogens with zero attached hydrogens (tertiary/aromatic N) is 1. The molecule has 94 valence electrons. The average molecular weight is 346 g/mol. The Kier molecular flexibility index (Phi) is 6.50. The van der Waals surface area contributed by atoms with Crippen LogP contribution >= 0.6 is 22.6 Å². The number of carbonyl (C=O) groups excluding carboxylic acids is 1. The molecule has 0 aromatic heterocycles. The second kappa shape index (κ2) is 7.66. The molecule has 0 saturated heterocycles. The molecule has 0 aliphatic carbocycles. The van der Waals surface area contributed by atoms with Gasteiger partial charge in [-0.05, 0) is 53.8 Å². The van der Waals surface area contributed by atoms with Gasteiger partial charge in [-0.2, -0.15) is 0 Å². The van der Waals surface area contributed by atoms with Crippen molar-refractivity contribution in [1.29, 1.82) is 0 Å². The van der Waals surface area contributed by atoms with E-state index in [2.05, 4.69) is 64.0 Å². The van der Waals surface area contributed by atoms with E-state index >= 15 is 0 Å². The Bertz CT molecular complexity index is 351. The first-order chi connectivity index (χ1) is 8.15. The Morgan fingerprint density at radius 3 is 2.47 bits per heavy atom. The Labute approximate surface area is 117 Å². The summed E-state index contributed by atoms with van der Waals surface area (Å²) in [6.45, 7) is 6.88. The third-order valence-electron chi connectivity index (χ3n) is 2.51. The van der Waals surface area contributed by atoms with E-state index in [1.54, 1.807) is 0 Å². The Morgan fingerprint density at radius 1 is 1.29 bits per heavy atom. The van der Waals surface area contributed by atoms with E-state index in [9.17, 15) is 4.79 Å². The van der Waals surface area contributed by atoms with Gasteiger partial charge in [-0.3, -0.25) is 9.69 Å². The predicted octanol–water partition coefficient (Wildman–Crippen LogP) is 2.25. The highest BCUT2D eigenvalue weighted by Gasteiger charge is 2.08. The van der Waals surface area contributed by atoms with Crippen LogP contribution in [0.2, 0.25) is 0 Å². The standard InChI is InChI=1S/C13H19IN2O/c1-3-15-13(17)10-16(4-2)9-11-5-7-12(14)8-6-11/h5-8H,3-4,9-10H2,1-2H3,(H,15,17). The summed E-state index contributed by atoms with van der Waals surface area (Å²) in [6, 6.07) is 8.41. The van der Waals surface area contributed by atoms with E-state index in [1.165, 1.54) is 9.13 Å². The monoisotopic (exact) mass is 346 g/mol. The molecule has 1 rings (SSSR count). The van der Waals surface area contributed by atoms with Crippen LogP contribution in [0.1, 0.15) is 19.4 Å². The van der Waals surface area contributed by atoms with Crippen molar-refractivity contribution in [3.05, 3.63) is 33.4 Å². The van der Waals surface area contributed by atoms with Crippen molar-refractivity contribution in [3.8, 4) is 0 Å². The molecule has 1 aromatic rings. The molecule has 1 amide bonds. The van der Waals surface area contributed by atoms with E-state index < -0.39 is 0 Å². The van der Waals surface area contributed by atoms with E-state index in [-0.39, 0.29) is 5.91 Å². The maximum Gasteiger partial charge on any atom is 0.234 e. The van der Waals surface area contributed by atoms with Gasteiger partial charge in [-0.25, -0.2) is 0 Å². The first-order valence-corrected chi connectivity index (χ1v) is 6.97. The van der Waals surface area contributed by atoms with Crippen LogP contribution in [0, 0.1) is 3.57 Å². The number of rotatable bonds is 6. The topological polar surface area (TPSA) is 32.3 Å². The fourth-order valence-electron chi connectivity index (χ4n) is 1.58. The predicted molar refractivity (Wildman–Crippen MR) is 78.8 cm³/mol. The molecule has 1 N–H and O–H groups in total. The lowest BCUT2D eigenvalue weighted by molar-refractivity contribution is -0.122. The number of carbonyl (C=O) groups is 1. The Hall–Kier alpha value is -0.620. The van der Waals surface area contributed by atoms with Crippen LogP contribution < -0.4 is 5.32 Å². The number of amides is 1. The molecule has 0 aliphatic rings. The molecule has 0 radical (unpaired) electrons. The Morgan fingerprint density at radius 2 is 1.94 bits per heavy atom. The number of hydrogen-bond acceptors (Lipinski definition) is 2. The SMILES string of the molecule is CCNC(=O)CN(CC)Cc1ccc(I)cc1. The molecule has 0 heterocycles.